The molecular formula is C17H23N3O3S. The first-order valence-electron chi connectivity index (χ1n) is 8.25. The summed E-state index contributed by atoms with van der Waals surface area (Å²) in [6.07, 6.45) is 3.75. The predicted molar refractivity (Wildman–Crippen MR) is 92.6 cm³/mol. The van der Waals surface area contributed by atoms with Gasteiger partial charge in [0, 0.05) is 24.5 Å². The highest BCUT2D eigenvalue weighted by Crippen LogP contribution is 2.46. The lowest BCUT2D eigenvalue weighted by atomic mass is 10.1. The third kappa shape index (κ3) is 3.17. The van der Waals surface area contributed by atoms with E-state index in [2.05, 4.69) is 23.8 Å². The summed E-state index contributed by atoms with van der Waals surface area (Å²) in [6.45, 7) is 7.35. The molecule has 1 saturated heterocycles. The summed E-state index contributed by atoms with van der Waals surface area (Å²) in [5, 5.41) is 5.64. The minimum Gasteiger partial charge on any atom is -0.469 e. The zero-order valence-electron chi connectivity index (χ0n) is 14.1. The third-order valence-corrected chi connectivity index (χ3v) is 5.81. The highest BCUT2D eigenvalue weighted by molar-refractivity contribution is 7.11. The second kappa shape index (κ2) is 6.55. The summed E-state index contributed by atoms with van der Waals surface area (Å²) in [7, 11) is 1.41. The fourth-order valence-corrected chi connectivity index (χ4v) is 3.81. The fraction of sp³-hybridized carbons (Fsp3) is 0.588. The van der Waals surface area contributed by atoms with E-state index in [9.17, 15) is 9.59 Å². The molecule has 3 rings (SSSR count). The molecule has 0 bridgehead atoms. The van der Waals surface area contributed by atoms with Gasteiger partial charge in [0.25, 0.3) is 5.91 Å². The minimum atomic E-state index is -0.418. The van der Waals surface area contributed by atoms with Gasteiger partial charge in [-0.05, 0) is 32.6 Å². The summed E-state index contributed by atoms with van der Waals surface area (Å²) >= 11 is 1.39. The Bertz CT molecular complexity index is 666. The molecule has 1 aliphatic heterocycles. The van der Waals surface area contributed by atoms with Crippen LogP contribution in [0.4, 0.5) is 0 Å². The number of methoxy groups -OCH3 is 1. The van der Waals surface area contributed by atoms with E-state index in [0.29, 0.717) is 22.9 Å². The van der Waals surface area contributed by atoms with Crippen LogP contribution in [-0.4, -0.2) is 48.0 Å². The quantitative estimate of drug-likeness (QED) is 0.798. The average molecular weight is 349 g/mol. The van der Waals surface area contributed by atoms with Crippen LogP contribution in [-0.2, 0) is 9.53 Å². The van der Waals surface area contributed by atoms with Gasteiger partial charge in [-0.15, -0.1) is 11.3 Å². The highest BCUT2D eigenvalue weighted by Gasteiger charge is 2.51. The van der Waals surface area contributed by atoms with Crippen molar-refractivity contribution in [3.8, 4) is 0 Å². The van der Waals surface area contributed by atoms with Crippen LogP contribution in [0.5, 0.6) is 0 Å². The second-order valence-electron chi connectivity index (χ2n) is 6.63. The van der Waals surface area contributed by atoms with Gasteiger partial charge in [0.15, 0.2) is 0 Å². The van der Waals surface area contributed by atoms with Gasteiger partial charge in [-0.3, -0.25) is 9.59 Å². The van der Waals surface area contributed by atoms with Crippen LogP contribution in [0.15, 0.2) is 12.0 Å². The Morgan fingerprint density at radius 1 is 1.54 bits per heavy atom. The Balaban J connectivity index is 1.60. The molecule has 0 radical (unpaired) electrons. The van der Waals surface area contributed by atoms with Crippen molar-refractivity contribution >= 4 is 28.9 Å². The fourth-order valence-electron chi connectivity index (χ4n) is 3.06. The molecule has 2 heterocycles. The van der Waals surface area contributed by atoms with Gasteiger partial charge >= 0.3 is 5.97 Å². The standard InChI is InChI=1S/C17H23N3O3S/c1-11-5-4-8-20(11)15(21)13-9-24-14(19-13)12(2)18-10-17(6-7-17)16(22)23-3/h9,11,18H,2,4-8,10H2,1,3H3/t11-/m0/s1. The van der Waals surface area contributed by atoms with E-state index in [1.807, 2.05) is 4.90 Å². The van der Waals surface area contributed by atoms with Gasteiger partial charge in [-0.1, -0.05) is 6.58 Å². The van der Waals surface area contributed by atoms with Crippen molar-refractivity contribution in [3.05, 3.63) is 22.7 Å². The molecule has 0 aromatic carbocycles. The number of rotatable bonds is 6. The van der Waals surface area contributed by atoms with Crippen molar-refractivity contribution in [1.29, 1.82) is 0 Å². The highest BCUT2D eigenvalue weighted by atomic mass is 32.1. The topological polar surface area (TPSA) is 71.5 Å². The van der Waals surface area contributed by atoms with E-state index < -0.39 is 5.41 Å². The smallest absolute Gasteiger partial charge is 0.313 e. The number of carbonyl (C=O) groups excluding carboxylic acids is 2. The Kier molecular flexibility index (Phi) is 4.62. The zero-order chi connectivity index (χ0) is 17.3. The molecule has 1 atom stereocenters. The van der Waals surface area contributed by atoms with Crippen LogP contribution in [0.1, 0.15) is 48.1 Å². The van der Waals surface area contributed by atoms with E-state index in [1.165, 1.54) is 18.4 Å². The second-order valence-corrected chi connectivity index (χ2v) is 7.49. The largest absolute Gasteiger partial charge is 0.469 e. The van der Waals surface area contributed by atoms with Crippen LogP contribution >= 0.6 is 11.3 Å². The summed E-state index contributed by atoms with van der Waals surface area (Å²) in [5.74, 6) is -0.190. The normalized spacial score (nSPS) is 21.4. The van der Waals surface area contributed by atoms with Gasteiger partial charge in [0.05, 0.1) is 18.2 Å². The number of nitrogens with one attached hydrogen (secondary N) is 1. The lowest BCUT2D eigenvalue weighted by Gasteiger charge is -2.20. The van der Waals surface area contributed by atoms with Crippen LogP contribution in [0, 0.1) is 5.41 Å². The monoisotopic (exact) mass is 349 g/mol. The Morgan fingerprint density at radius 3 is 2.88 bits per heavy atom. The number of esters is 1. The van der Waals surface area contributed by atoms with E-state index in [0.717, 1.165) is 32.2 Å². The molecular weight excluding hydrogens is 326 g/mol. The van der Waals surface area contributed by atoms with Crippen molar-refractivity contribution in [2.75, 3.05) is 20.2 Å². The van der Waals surface area contributed by atoms with Crippen molar-refractivity contribution in [2.45, 2.75) is 38.6 Å². The molecule has 0 spiro atoms. The SMILES string of the molecule is C=C(NCC1(C(=O)OC)CC1)c1nc(C(=O)N2CCC[C@@H]2C)cs1. The molecule has 1 aromatic rings. The third-order valence-electron chi connectivity index (χ3n) is 4.91. The summed E-state index contributed by atoms with van der Waals surface area (Å²) < 4.78 is 4.85. The first-order chi connectivity index (χ1) is 11.5. The van der Waals surface area contributed by atoms with Gasteiger partial charge in [-0.2, -0.15) is 0 Å². The van der Waals surface area contributed by atoms with Gasteiger partial charge in [-0.25, -0.2) is 4.98 Å². The number of nitrogens with zero attached hydrogens (tertiary/aromatic N) is 2. The molecule has 1 amide bonds. The van der Waals surface area contributed by atoms with Crippen molar-refractivity contribution in [3.63, 3.8) is 0 Å². The number of hydrogen-bond donors (Lipinski definition) is 1. The van der Waals surface area contributed by atoms with E-state index in [-0.39, 0.29) is 17.9 Å². The summed E-state index contributed by atoms with van der Waals surface area (Å²) in [4.78, 5) is 30.6. The Hall–Kier alpha value is -1.89. The first-order valence-corrected chi connectivity index (χ1v) is 9.13. The summed E-state index contributed by atoms with van der Waals surface area (Å²) in [6, 6.07) is 0.277. The molecule has 130 valence electrons. The molecule has 1 N–H and O–H groups in total. The molecule has 1 aliphatic carbocycles. The van der Waals surface area contributed by atoms with E-state index >= 15 is 0 Å². The maximum atomic E-state index is 12.5. The lowest BCUT2D eigenvalue weighted by Crippen LogP contribution is -2.33. The number of likely N-dealkylation sites (tertiary alicyclic amines) is 1. The maximum Gasteiger partial charge on any atom is 0.313 e. The first kappa shape index (κ1) is 17.0. The maximum absolute atomic E-state index is 12.5. The van der Waals surface area contributed by atoms with Crippen LogP contribution in [0.2, 0.25) is 0 Å². The Labute approximate surface area is 145 Å². The Morgan fingerprint density at radius 2 is 2.29 bits per heavy atom. The number of ether oxygens (including phenoxy) is 1. The minimum absolute atomic E-state index is 0.0106. The predicted octanol–water partition coefficient (Wildman–Crippen LogP) is 2.28. The molecule has 2 fully saturated rings. The van der Waals surface area contributed by atoms with Crippen LogP contribution < -0.4 is 5.32 Å². The van der Waals surface area contributed by atoms with E-state index in [4.69, 9.17) is 4.74 Å². The zero-order valence-corrected chi connectivity index (χ0v) is 14.9. The van der Waals surface area contributed by atoms with E-state index in [1.54, 1.807) is 5.38 Å². The molecule has 24 heavy (non-hydrogen) atoms. The van der Waals surface area contributed by atoms with Gasteiger partial charge < -0.3 is 15.0 Å². The number of amides is 1. The average Bonchev–Trinajstić information content (AvgIpc) is 3.00. The van der Waals surface area contributed by atoms with Gasteiger partial charge in [0.1, 0.15) is 10.7 Å². The molecule has 1 aromatic heterocycles. The van der Waals surface area contributed by atoms with Crippen molar-refractivity contribution in [1.82, 2.24) is 15.2 Å². The molecule has 1 saturated carbocycles. The van der Waals surface area contributed by atoms with Crippen LogP contribution in [0.25, 0.3) is 5.70 Å². The van der Waals surface area contributed by atoms with Gasteiger partial charge in [0.2, 0.25) is 0 Å². The number of hydrogen-bond acceptors (Lipinski definition) is 6. The number of thiazole rings is 1. The molecule has 6 nitrogen and oxygen atoms in total. The molecule has 2 aliphatic rings. The molecule has 0 unspecified atom stereocenters. The molecule has 7 heteroatoms. The lowest BCUT2D eigenvalue weighted by molar-refractivity contribution is -0.146. The van der Waals surface area contributed by atoms with Crippen LogP contribution in [0.3, 0.4) is 0 Å². The van der Waals surface area contributed by atoms with Crippen molar-refractivity contribution < 1.29 is 14.3 Å². The number of carbonyl (C=O) groups is 2. The van der Waals surface area contributed by atoms with Crippen molar-refractivity contribution in [2.24, 2.45) is 5.41 Å². The summed E-state index contributed by atoms with van der Waals surface area (Å²) in [5.41, 5.74) is 0.697. The number of aromatic nitrogens is 1.